The Morgan fingerprint density at radius 2 is 1.63 bits per heavy atom. The SMILES string of the molecule is Cc1ccc(S(=O)(=O)N2CCC(C(=O)Nc3ccc(C)cc3Br)CC2)cc1. The zero-order valence-electron chi connectivity index (χ0n) is 15.4. The van der Waals surface area contributed by atoms with E-state index in [-0.39, 0.29) is 11.8 Å². The van der Waals surface area contributed by atoms with Crippen molar-refractivity contribution in [1.82, 2.24) is 4.31 Å². The molecule has 7 heteroatoms. The summed E-state index contributed by atoms with van der Waals surface area (Å²) in [7, 11) is -3.50. The fourth-order valence-electron chi connectivity index (χ4n) is 3.17. The van der Waals surface area contributed by atoms with Gasteiger partial charge in [-0.05, 0) is 72.4 Å². The zero-order chi connectivity index (χ0) is 19.6. The Kier molecular flexibility index (Phi) is 6.03. The number of carbonyl (C=O) groups is 1. The molecule has 0 aliphatic carbocycles. The summed E-state index contributed by atoms with van der Waals surface area (Å²) in [5.41, 5.74) is 2.86. The number of rotatable bonds is 4. The Morgan fingerprint density at radius 1 is 1.04 bits per heavy atom. The summed E-state index contributed by atoms with van der Waals surface area (Å²) in [6.45, 7) is 4.61. The highest BCUT2D eigenvalue weighted by Crippen LogP contribution is 2.27. The Balaban J connectivity index is 1.62. The van der Waals surface area contributed by atoms with Gasteiger partial charge in [-0.1, -0.05) is 23.8 Å². The maximum absolute atomic E-state index is 12.8. The Morgan fingerprint density at radius 3 is 2.22 bits per heavy atom. The lowest BCUT2D eigenvalue weighted by Crippen LogP contribution is -2.41. The third-order valence-electron chi connectivity index (χ3n) is 4.87. The predicted molar refractivity (Wildman–Crippen MR) is 110 cm³/mol. The van der Waals surface area contributed by atoms with E-state index in [0.717, 1.165) is 21.3 Å². The molecule has 1 saturated heterocycles. The summed E-state index contributed by atoms with van der Waals surface area (Å²) in [4.78, 5) is 12.9. The van der Waals surface area contributed by atoms with E-state index in [2.05, 4.69) is 21.2 Å². The van der Waals surface area contributed by atoms with Crippen LogP contribution < -0.4 is 5.32 Å². The highest BCUT2D eigenvalue weighted by Gasteiger charge is 2.32. The van der Waals surface area contributed by atoms with Crippen LogP contribution in [0, 0.1) is 19.8 Å². The van der Waals surface area contributed by atoms with Crippen molar-refractivity contribution in [2.24, 2.45) is 5.92 Å². The summed E-state index contributed by atoms with van der Waals surface area (Å²) in [5.74, 6) is -0.255. The van der Waals surface area contributed by atoms with Crippen LogP contribution in [-0.2, 0) is 14.8 Å². The first-order valence-electron chi connectivity index (χ1n) is 8.91. The number of nitrogens with zero attached hydrogens (tertiary/aromatic N) is 1. The molecule has 27 heavy (non-hydrogen) atoms. The lowest BCUT2D eigenvalue weighted by Gasteiger charge is -2.30. The van der Waals surface area contributed by atoms with Gasteiger partial charge in [0.25, 0.3) is 0 Å². The van der Waals surface area contributed by atoms with E-state index in [1.807, 2.05) is 32.0 Å². The first-order valence-corrected chi connectivity index (χ1v) is 11.1. The van der Waals surface area contributed by atoms with Crippen molar-refractivity contribution in [2.45, 2.75) is 31.6 Å². The van der Waals surface area contributed by atoms with Gasteiger partial charge in [-0.25, -0.2) is 8.42 Å². The van der Waals surface area contributed by atoms with Crippen molar-refractivity contribution in [3.8, 4) is 0 Å². The first-order chi connectivity index (χ1) is 12.8. The van der Waals surface area contributed by atoms with Gasteiger partial charge < -0.3 is 5.32 Å². The Hall–Kier alpha value is -1.70. The standard InChI is InChI=1S/C20H23BrN2O3S/c1-14-3-6-17(7-4-14)27(25,26)23-11-9-16(10-12-23)20(24)22-19-8-5-15(2)13-18(19)21/h3-8,13,16H,9-12H2,1-2H3,(H,22,24). The molecule has 1 aliphatic rings. The number of piperidine rings is 1. The normalized spacial score (nSPS) is 16.3. The summed E-state index contributed by atoms with van der Waals surface area (Å²) in [6.07, 6.45) is 1.03. The van der Waals surface area contributed by atoms with Gasteiger partial charge in [-0.2, -0.15) is 4.31 Å². The number of aryl methyl sites for hydroxylation is 2. The Labute approximate surface area is 169 Å². The molecule has 5 nitrogen and oxygen atoms in total. The van der Waals surface area contributed by atoms with Crippen LogP contribution in [-0.4, -0.2) is 31.7 Å². The number of halogens is 1. The van der Waals surface area contributed by atoms with E-state index in [1.165, 1.54) is 4.31 Å². The molecule has 1 amide bonds. The topological polar surface area (TPSA) is 66.5 Å². The second-order valence-corrected chi connectivity index (χ2v) is 9.76. The molecule has 1 heterocycles. The van der Waals surface area contributed by atoms with E-state index in [9.17, 15) is 13.2 Å². The first kappa shape index (κ1) is 20.0. The maximum atomic E-state index is 12.8. The van der Waals surface area contributed by atoms with E-state index in [1.54, 1.807) is 24.3 Å². The summed E-state index contributed by atoms with van der Waals surface area (Å²) >= 11 is 3.46. The van der Waals surface area contributed by atoms with Gasteiger partial charge in [-0.3, -0.25) is 4.79 Å². The molecule has 144 valence electrons. The summed E-state index contributed by atoms with van der Waals surface area (Å²) < 4.78 is 27.8. The fraction of sp³-hybridized carbons (Fsp3) is 0.350. The smallest absolute Gasteiger partial charge is 0.243 e. The van der Waals surface area contributed by atoms with E-state index in [0.29, 0.717) is 30.8 Å². The second kappa shape index (κ2) is 8.12. The van der Waals surface area contributed by atoms with Gasteiger partial charge in [0, 0.05) is 23.5 Å². The lowest BCUT2D eigenvalue weighted by molar-refractivity contribution is -0.120. The number of carbonyl (C=O) groups excluding carboxylic acids is 1. The van der Waals surface area contributed by atoms with Crippen LogP contribution in [0.4, 0.5) is 5.69 Å². The predicted octanol–water partition coefficient (Wildman–Crippen LogP) is 4.11. The molecule has 0 saturated carbocycles. The molecule has 0 radical (unpaired) electrons. The van der Waals surface area contributed by atoms with Crippen LogP contribution in [0.1, 0.15) is 24.0 Å². The van der Waals surface area contributed by atoms with E-state index >= 15 is 0 Å². The van der Waals surface area contributed by atoms with Crippen LogP contribution >= 0.6 is 15.9 Å². The molecule has 0 spiro atoms. The average molecular weight is 451 g/mol. The highest BCUT2D eigenvalue weighted by atomic mass is 79.9. The molecule has 0 bridgehead atoms. The van der Waals surface area contributed by atoms with Gasteiger partial charge in [0.1, 0.15) is 0 Å². The van der Waals surface area contributed by atoms with Gasteiger partial charge >= 0.3 is 0 Å². The minimum absolute atomic E-state index is 0.0630. The van der Waals surface area contributed by atoms with Crippen LogP contribution in [0.2, 0.25) is 0 Å². The largest absolute Gasteiger partial charge is 0.325 e. The average Bonchev–Trinajstić information content (AvgIpc) is 2.64. The van der Waals surface area contributed by atoms with Crippen molar-refractivity contribution in [2.75, 3.05) is 18.4 Å². The third-order valence-corrected chi connectivity index (χ3v) is 7.43. The number of hydrogen-bond acceptors (Lipinski definition) is 3. The highest BCUT2D eigenvalue weighted by molar-refractivity contribution is 9.10. The number of sulfonamides is 1. The van der Waals surface area contributed by atoms with Crippen LogP contribution in [0.25, 0.3) is 0 Å². The van der Waals surface area contributed by atoms with Crippen molar-refractivity contribution in [1.29, 1.82) is 0 Å². The van der Waals surface area contributed by atoms with Gasteiger partial charge in [0.15, 0.2) is 0 Å². The molecule has 3 rings (SSSR count). The quantitative estimate of drug-likeness (QED) is 0.761. The van der Waals surface area contributed by atoms with Crippen LogP contribution in [0.15, 0.2) is 51.8 Å². The summed E-state index contributed by atoms with van der Waals surface area (Å²) in [5, 5.41) is 2.94. The summed E-state index contributed by atoms with van der Waals surface area (Å²) in [6, 6.07) is 12.6. The molecule has 1 N–H and O–H groups in total. The third kappa shape index (κ3) is 4.59. The van der Waals surface area contributed by atoms with Crippen molar-refractivity contribution >= 4 is 37.5 Å². The Bertz CT molecular complexity index is 934. The van der Waals surface area contributed by atoms with Gasteiger partial charge in [0.05, 0.1) is 10.6 Å². The van der Waals surface area contributed by atoms with Gasteiger partial charge in [0.2, 0.25) is 15.9 Å². The molecule has 2 aromatic carbocycles. The fourth-order valence-corrected chi connectivity index (χ4v) is 5.24. The molecular formula is C20H23BrN2O3S. The number of amides is 1. The van der Waals surface area contributed by atoms with Crippen molar-refractivity contribution in [3.63, 3.8) is 0 Å². The van der Waals surface area contributed by atoms with Crippen molar-refractivity contribution < 1.29 is 13.2 Å². The minimum Gasteiger partial charge on any atom is -0.325 e. The van der Waals surface area contributed by atoms with Crippen molar-refractivity contribution in [3.05, 3.63) is 58.1 Å². The second-order valence-electron chi connectivity index (χ2n) is 6.96. The van der Waals surface area contributed by atoms with Crippen LogP contribution in [0.3, 0.4) is 0 Å². The van der Waals surface area contributed by atoms with Gasteiger partial charge in [-0.15, -0.1) is 0 Å². The molecule has 0 unspecified atom stereocenters. The molecule has 1 fully saturated rings. The molecule has 0 aromatic heterocycles. The number of benzene rings is 2. The molecular weight excluding hydrogens is 428 g/mol. The van der Waals surface area contributed by atoms with Crippen LogP contribution in [0.5, 0.6) is 0 Å². The molecule has 2 aromatic rings. The monoisotopic (exact) mass is 450 g/mol. The zero-order valence-corrected chi connectivity index (χ0v) is 17.8. The maximum Gasteiger partial charge on any atom is 0.243 e. The number of nitrogens with one attached hydrogen (secondary N) is 1. The molecule has 0 atom stereocenters. The van der Waals surface area contributed by atoms with E-state index in [4.69, 9.17) is 0 Å². The minimum atomic E-state index is -3.50. The lowest BCUT2D eigenvalue weighted by atomic mass is 9.97. The van der Waals surface area contributed by atoms with E-state index < -0.39 is 10.0 Å². The number of hydrogen-bond donors (Lipinski definition) is 1. The molecule has 1 aliphatic heterocycles. The number of anilines is 1.